The molecule has 0 N–H and O–H groups in total. The van der Waals surface area contributed by atoms with Crippen molar-refractivity contribution in [2.24, 2.45) is 5.92 Å². The number of aromatic nitrogens is 2. The topological polar surface area (TPSA) is 71.6 Å². The summed E-state index contributed by atoms with van der Waals surface area (Å²) in [6.07, 6.45) is 7.42. The summed E-state index contributed by atoms with van der Waals surface area (Å²) in [5.74, 6) is 0.877. The molecule has 1 aliphatic heterocycles. The van der Waals surface area contributed by atoms with Gasteiger partial charge in [-0.1, -0.05) is 48.5 Å². The predicted molar refractivity (Wildman–Crippen MR) is 142 cm³/mol. The van der Waals surface area contributed by atoms with Gasteiger partial charge in [0.05, 0.1) is 29.3 Å². The van der Waals surface area contributed by atoms with Crippen LogP contribution in [0.25, 0.3) is 5.69 Å². The lowest BCUT2D eigenvalue weighted by molar-refractivity contribution is 0.0521. The normalized spacial score (nSPS) is 14.9. The summed E-state index contributed by atoms with van der Waals surface area (Å²) in [6, 6.07) is 21.8. The van der Waals surface area contributed by atoms with Gasteiger partial charge in [0.25, 0.3) is 11.8 Å². The first-order chi connectivity index (χ1) is 18.0. The quantitative estimate of drug-likeness (QED) is 0.361. The molecule has 7 heteroatoms. The molecule has 2 amide bonds. The molecule has 5 rings (SSSR count). The standard InChI is InChI=1S/C30H32N4O3/c1-22-27(15-18-37-22)30(36)32(2)28(19-23-9-5-3-6-10-23)24-13-16-33(17-14-24)29(35)25-20-31-34(21-25)26-11-7-4-8-12-26/h3-12,15,18,20-21,24,28H,13-14,16-17,19H2,1-2H3. The number of aryl methyl sites for hydroxylation is 1. The van der Waals surface area contributed by atoms with E-state index in [1.54, 1.807) is 29.4 Å². The van der Waals surface area contributed by atoms with Crippen LogP contribution < -0.4 is 0 Å². The molecule has 190 valence electrons. The molecule has 1 aliphatic rings. The second-order valence-corrected chi connectivity index (χ2v) is 9.70. The van der Waals surface area contributed by atoms with Crippen LogP contribution in [0.3, 0.4) is 0 Å². The van der Waals surface area contributed by atoms with E-state index < -0.39 is 0 Å². The van der Waals surface area contributed by atoms with E-state index in [-0.39, 0.29) is 23.8 Å². The van der Waals surface area contributed by atoms with Crippen LogP contribution in [0.4, 0.5) is 0 Å². The Morgan fingerprint density at radius 1 is 1.03 bits per heavy atom. The zero-order valence-corrected chi connectivity index (χ0v) is 21.3. The lowest BCUT2D eigenvalue weighted by Crippen LogP contribution is -2.48. The molecule has 0 spiro atoms. The van der Waals surface area contributed by atoms with Crippen molar-refractivity contribution in [1.29, 1.82) is 0 Å². The molecule has 0 radical (unpaired) electrons. The van der Waals surface area contributed by atoms with Gasteiger partial charge in [0, 0.05) is 32.4 Å². The van der Waals surface area contributed by atoms with Crippen molar-refractivity contribution in [3.05, 3.63) is 108 Å². The predicted octanol–water partition coefficient (Wildman–Crippen LogP) is 5.01. The van der Waals surface area contributed by atoms with Crippen molar-refractivity contribution in [3.8, 4) is 5.69 Å². The summed E-state index contributed by atoms with van der Waals surface area (Å²) in [4.78, 5) is 30.4. The number of benzene rings is 2. The van der Waals surface area contributed by atoms with Crippen LogP contribution in [0, 0.1) is 12.8 Å². The molecule has 2 aromatic heterocycles. The van der Waals surface area contributed by atoms with Crippen molar-refractivity contribution in [3.63, 3.8) is 0 Å². The minimum atomic E-state index is -0.0287. The summed E-state index contributed by atoms with van der Waals surface area (Å²) in [7, 11) is 1.89. The minimum Gasteiger partial charge on any atom is -0.469 e. The Hall–Kier alpha value is -4.13. The van der Waals surface area contributed by atoms with Gasteiger partial charge >= 0.3 is 0 Å². The average molecular weight is 497 g/mol. The molecule has 37 heavy (non-hydrogen) atoms. The molecular formula is C30H32N4O3. The molecule has 0 bridgehead atoms. The third-order valence-corrected chi connectivity index (χ3v) is 7.42. The second kappa shape index (κ2) is 10.9. The highest BCUT2D eigenvalue weighted by molar-refractivity contribution is 5.95. The highest BCUT2D eigenvalue weighted by Crippen LogP contribution is 2.28. The summed E-state index contributed by atoms with van der Waals surface area (Å²) in [5.41, 5.74) is 3.31. The molecule has 1 saturated heterocycles. The van der Waals surface area contributed by atoms with E-state index >= 15 is 0 Å². The van der Waals surface area contributed by atoms with Crippen molar-refractivity contribution < 1.29 is 14.0 Å². The lowest BCUT2D eigenvalue weighted by atomic mass is 9.84. The molecule has 0 aliphatic carbocycles. The van der Waals surface area contributed by atoms with Gasteiger partial charge in [-0.2, -0.15) is 5.10 Å². The number of rotatable bonds is 7. The highest BCUT2D eigenvalue weighted by atomic mass is 16.3. The van der Waals surface area contributed by atoms with Gasteiger partial charge in [-0.05, 0) is 55.9 Å². The van der Waals surface area contributed by atoms with E-state index in [0.717, 1.165) is 24.9 Å². The number of carbonyl (C=O) groups excluding carboxylic acids is 2. The van der Waals surface area contributed by atoms with E-state index in [1.165, 1.54) is 5.56 Å². The zero-order chi connectivity index (χ0) is 25.8. The summed E-state index contributed by atoms with van der Waals surface area (Å²) in [5, 5.41) is 4.38. The van der Waals surface area contributed by atoms with Crippen LogP contribution in [0.5, 0.6) is 0 Å². The highest BCUT2D eigenvalue weighted by Gasteiger charge is 2.34. The Morgan fingerprint density at radius 2 is 1.70 bits per heavy atom. The first kappa shape index (κ1) is 24.6. The van der Waals surface area contributed by atoms with Crippen molar-refractivity contribution in [2.75, 3.05) is 20.1 Å². The summed E-state index contributed by atoms with van der Waals surface area (Å²) in [6.45, 7) is 3.12. The Labute approximate surface area is 217 Å². The summed E-state index contributed by atoms with van der Waals surface area (Å²) >= 11 is 0. The van der Waals surface area contributed by atoms with Crippen LogP contribution in [-0.4, -0.2) is 57.6 Å². The van der Waals surface area contributed by atoms with Gasteiger partial charge < -0.3 is 14.2 Å². The maximum Gasteiger partial charge on any atom is 0.257 e. The molecule has 3 heterocycles. The number of amides is 2. The van der Waals surface area contributed by atoms with Crippen LogP contribution in [-0.2, 0) is 6.42 Å². The second-order valence-electron chi connectivity index (χ2n) is 9.70. The van der Waals surface area contributed by atoms with Crippen LogP contribution in [0.15, 0.2) is 89.8 Å². The third kappa shape index (κ3) is 5.35. The Balaban J connectivity index is 1.28. The van der Waals surface area contributed by atoms with Gasteiger partial charge in [0.1, 0.15) is 5.76 Å². The molecule has 1 fully saturated rings. The fourth-order valence-electron chi connectivity index (χ4n) is 5.25. The molecule has 4 aromatic rings. The van der Waals surface area contributed by atoms with Crippen molar-refractivity contribution in [2.45, 2.75) is 32.2 Å². The molecular weight excluding hydrogens is 464 g/mol. The maximum atomic E-state index is 13.4. The maximum absolute atomic E-state index is 13.4. The number of likely N-dealkylation sites (N-methyl/N-ethyl adjacent to an activating group) is 1. The minimum absolute atomic E-state index is 0.00121. The van der Waals surface area contributed by atoms with Gasteiger partial charge in [-0.25, -0.2) is 4.68 Å². The van der Waals surface area contributed by atoms with Crippen molar-refractivity contribution in [1.82, 2.24) is 19.6 Å². The van der Waals surface area contributed by atoms with Gasteiger partial charge in [-0.3, -0.25) is 9.59 Å². The molecule has 1 atom stereocenters. The number of piperidine rings is 1. The Morgan fingerprint density at radius 3 is 2.35 bits per heavy atom. The number of carbonyl (C=O) groups is 2. The smallest absolute Gasteiger partial charge is 0.257 e. The SMILES string of the molecule is Cc1occc1C(=O)N(C)C(Cc1ccccc1)C1CCN(C(=O)c2cnn(-c3ccccc3)c2)CC1. The third-order valence-electron chi connectivity index (χ3n) is 7.42. The van der Waals surface area contributed by atoms with Crippen LogP contribution >= 0.6 is 0 Å². The van der Waals surface area contributed by atoms with E-state index in [4.69, 9.17) is 4.42 Å². The molecule has 2 aromatic carbocycles. The first-order valence-electron chi connectivity index (χ1n) is 12.8. The van der Waals surface area contributed by atoms with E-state index in [1.807, 2.05) is 72.3 Å². The number of hydrogen-bond donors (Lipinski definition) is 0. The lowest BCUT2D eigenvalue weighted by Gasteiger charge is -2.40. The van der Waals surface area contributed by atoms with E-state index in [9.17, 15) is 9.59 Å². The zero-order valence-electron chi connectivity index (χ0n) is 21.3. The van der Waals surface area contributed by atoms with Crippen LogP contribution in [0.1, 0.15) is 44.9 Å². The van der Waals surface area contributed by atoms with Gasteiger partial charge in [-0.15, -0.1) is 0 Å². The summed E-state index contributed by atoms with van der Waals surface area (Å²) < 4.78 is 7.12. The monoisotopic (exact) mass is 496 g/mol. The fourth-order valence-corrected chi connectivity index (χ4v) is 5.25. The molecule has 7 nitrogen and oxygen atoms in total. The number of nitrogens with zero attached hydrogens (tertiary/aromatic N) is 4. The van der Waals surface area contributed by atoms with Crippen LogP contribution in [0.2, 0.25) is 0 Å². The number of para-hydroxylation sites is 1. The Kier molecular flexibility index (Phi) is 7.21. The fraction of sp³-hybridized carbons (Fsp3) is 0.300. The molecule has 1 unspecified atom stereocenters. The Bertz CT molecular complexity index is 1340. The van der Waals surface area contributed by atoms with Crippen molar-refractivity contribution >= 4 is 11.8 Å². The average Bonchev–Trinajstić information content (AvgIpc) is 3.61. The first-order valence-corrected chi connectivity index (χ1v) is 12.8. The number of hydrogen-bond acceptors (Lipinski definition) is 4. The van der Waals surface area contributed by atoms with Gasteiger partial charge in [0.15, 0.2) is 0 Å². The largest absolute Gasteiger partial charge is 0.469 e. The number of furan rings is 1. The van der Waals surface area contributed by atoms with Gasteiger partial charge in [0.2, 0.25) is 0 Å². The van der Waals surface area contributed by atoms with E-state index in [2.05, 4.69) is 17.2 Å². The number of likely N-dealkylation sites (tertiary alicyclic amines) is 1. The molecule has 0 saturated carbocycles. The van der Waals surface area contributed by atoms with E-state index in [0.29, 0.717) is 30.0 Å².